The zero-order chi connectivity index (χ0) is 37.0. The Morgan fingerprint density at radius 1 is 0.268 bits per heavy atom. The number of aromatic nitrogens is 3. The van der Waals surface area contributed by atoms with Crippen molar-refractivity contribution in [3.63, 3.8) is 0 Å². The predicted octanol–water partition coefficient (Wildman–Crippen LogP) is 14.6. The summed E-state index contributed by atoms with van der Waals surface area (Å²) in [4.78, 5) is 15.3. The van der Waals surface area contributed by atoms with E-state index in [-0.39, 0.29) is 0 Å². The molecule has 0 atom stereocenters. The molecule has 0 amide bonds. The first-order valence-electron chi connectivity index (χ1n) is 18.7. The summed E-state index contributed by atoms with van der Waals surface area (Å²) in [6.45, 7) is 0. The van der Waals surface area contributed by atoms with Gasteiger partial charge in [-0.3, -0.25) is 0 Å². The molecule has 0 saturated carbocycles. The molecule has 11 rings (SSSR count). The number of hydrogen-bond donors (Lipinski definition) is 0. The second-order valence-electron chi connectivity index (χ2n) is 14.0. The van der Waals surface area contributed by atoms with Gasteiger partial charge in [-0.2, -0.15) is 0 Å². The summed E-state index contributed by atoms with van der Waals surface area (Å²) in [7, 11) is 0. The van der Waals surface area contributed by atoms with Gasteiger partial charge in [0.25, 0.3) is 0 Å². The van der Waals surface area contributed by atoms with Crippen LogP contribution in [0.2, 0.25) is 0 Å². The van der Waals surface area contributed by atoms with Crippen LogP contribution in [0, 0.1) is 0 Å². The highest BCUT2D eigenvalue weighted by atomic mass is 32.1. The molecule has 5 heteroatoms. The van der Waals surface area contributed by atoms with Crippen LogP contribution in [0.1, 0.15) is 0 Å². The summed E-state index contributed by atoms with van der Waals surface area (Å²) in [6.07, 6.45) is 0. The number of hydrogen-bond acceptors (Lipinski definition) is 5. The molecule has 3 aromatic heterocycles. The first kappa shape index (κ1) is 32.6. The molecular weight excluding hydrogens is 719 g/mol. The molecule has 0 aliphatic heterocycles. The zero-order valence-electron chi connectivity index (χ0n) is 30.1. The van der Waals surface area contributed by atoms with Crippen molar-refractivity contribution in [3.05, 3.63) is 188 Å². The molecule has 3 heterocycles. The van der Waals surface area contributed by atoms with Gasteiger partial charge in [0.15, 0.2) is 17.5 Å². The lowest BCUT2D eigenvalue weighted by atomic mass is 9.94. The molecule has 0 radical (unpaired) electrons. The number of fused-ring (bicyclic) bond motifs is 6. The van der Waals surface area contributed by atoms with E-state index in [9.17, 15) is 0 Å². The minimum absolute atomic E-state index is 0.651. The van der Waals surface area contributed by atoms with Gasteiger partial charge in [0, 0.05) is 57.0 Å². The van der Waals surface area contributed by atoms with Crippen molar-refractivity contribution in [1.29, 1.82) is 0 Å². The fourth-order valence-corrected chi connectivity index (χ4v) is 10.2. The molecule has 0 unspecified atom stereocenters. The summed E-state index contributed by atoms with van der Waals surface area (Å²) in [5.41, 5.74) is 10.2. The van der Waals surface area contributed by atoms with Gasteiger partial charge >= 0.3 is 0 Å². The van der Waals surface area contributed by atoms with E-state index in [2.05, 4.69) is 164 Å². The molecule has 0 spiro atoms. The topological polar surface area (TPSA) is 38.7 Å². The lowest BCUT2D eigenvalue weighted by molar-refractivity contribution is 1.08. The Bertz CT molecular complexity index is 3220. The molecule has 0 bridgehead atoms. The standard InChI is InChI=1S/C51H31N3S2/c1-4-13-32(14-5-1)33-23-25-36(26-24-33)50-52-49(35-17-8-3-9-18-35)53-51(54-50)41-20-12-22-44-47(41)40-28-27-37(30-45(40)56-44)38-29-42(34-15-6-2-7-16-34)48-39-19-10-11-21-43(39)55-46(48)31-38/h1-31H. The van der Waals surface area contributed by atoms with Gasteiger partial charge in [-0.1, -0.05) is 158 Å². The minimum Gasteiger partial charge on any atom is -0.208 e. The molecule has 56 heavy (non-hydrogen) atoms. The number of rotatable bonds is 6. The van der Waals surface area contributed by atoms with Crippen molar-refractivity contribution in [1.82, 2.24) is 15.0 Å². The Labute approximate surface area is 331 Å². The van der Waals surface area contributed by atoms with E-state index in [1.54, 1.807) is 0 Å². The Balaban J connectivity index is 1.05. The molecule has 8 aromatic carbocycles. The second-order valence-corrected chi connectivity index (χ2v) is 16.1. The molecule has 262 valence electrons. The molecule has 0 aliphatic carbocycles. The van der Waals surface area contributed by atoms with Gasteiger partial charge in [-0.05, 0) is 63.7 Å². The maximum absolute atomic E-state index is 5.17. The number of nitrogens with zero attached hydrogens (tertiary/aromatic N) is 3. The Morgan fingerprint density at radius 3 is 1.52 bits per heavy atom. The van der Waals surface area contributed by atoms with Crippen molar-refractivity contribution < 1.29 is 0 Å². The van der Waals surface area contributed by atoms with Gasteiger partial charge in [-0.15, -0.1) is 22.7 Å². The first-order valence-corrected chi connectivity index (χ1v) is 20.3. The van der Waals surface area contributed by atoms with E-state index in [1.807, 2.05) is 46.9 Å². The van der Waals surface area contributed by atoms with Crippen LogP contribution in [0.5, 0.6) is 0 Å². The van der Waals surface area contributed by atoms with Crippen LogP contribution in [0.4, 0.5) is 0 Å². The smallest absolute Gasteiger partial charge is 0.164 e. The highest BCUT2D eigenvalue weighted by Gasteiger charge is 2.19. The molecule has 0 N–H and O–H groups in total. The van der Waals surface area contributed by atoms with E-state index in [4.69, 9.17) is 15.0 Å². The quantitative estimate of drug-likeness (QED) is 0.170. The molecule has 11 aromatic rings. The Kier molecular flexibility index (Phi) is 7.87. The summed E-state index contributed by atoms with van der Waals surface area (Å²) in [5, 5.41) is 5.00. The Morgan fingerprint density at radius 2 is 0.768 bits per heavy atom. The molecular formula is C51H31N3S2. The van der Waals surface area contributed by atoms with Crippen LogP contribution < -0.4 is 0 Å². The van der Waals surface area contributed by atoms with E-state index >= 15 is 0 Å². The largest absolute Gasteiger partial charge is 0.208 e. The molecule has 0 fully saturated rings. The van der Waals surface area contributed by atoms with E-state index in [0.717, 1.165) is 22.3 Å². The van der Waals surface area contributed by atoms with Crippen LogP contribution in [0.25, 0.3) is 108 Å². The monoisotopic (exact) mass is 749 g/mol. The first-order chi connectivity index (χ1) is 27.7. The van der Waals surface area contributed by atoms with Gasteiger partial charge in [0.05, 0.1) is 0 Å². The van der Waals surface area contributed by atoms with Crippen LogP contribution in [0.3, 0.4) is 0 Å². The third-order valence-electron chi connectivity index (χ3n) is 10.6. The van der Waals surface area contributed by atoms with Gasteiger partial charge in [0.2, 0.25) is 0 Å². The summed E-state index contributed by atoms with van der Waals surface area (Å²) < 4.78 is 5.05. The van der Waals surface area contributed by atoms with Crippen molar-refractivity contribution in [2.75, 3.05) is 0 Å². The van der Waals surface area contributed by atoms with Crippen LogP contribution in [0.15, 0.2) is 188 Å². The van der Waals surface area contributed by atoms with Crippen molar-refractivity contribution in [2.45, 2.75) is 0 Å². The highest BCUT2D eigenvalue weighted by Crippen LogP contribution is 2.45. The molecule has 3 nitrogen and oxygen atoms in total. The normalized spacial score (nSPS) is 11.6. The van der Waals surface area contributed by atoms with Crippen molar-refractivity contribution in [3.8, 4) is 67.5 Å². The summed E-state index contributed by atoms with van der Waals surface area (Å²) in [6, 6.07) is 66.8. The van der Waals surface area contributed by atoms with Gasteiger partial charge < -0.3 is 0 Å². The maximum Gasteiger partial charge on any atom is 0.164 e. The second kappa shape index (κ2) is 13.5. The van der Waals surface area contributed by atoms with Crippen molar-refractivity contribution in [2.24, 2.45) is 0 Å². The van der Waals surface area contributed by atoms with E-state index in [1.165, 1.54) is 68.2 Å². The van der Waals surface area contributed by atoms with E-state index in [0.29, 0.717) is 17.5 Å². The summed E-state index contributed by atoms with van der Waals surface area (Å²) >= 11 is 3.69. The third kappa shape index (κ3) is 5.68. The lowest BCUT2D eigenvalue weighted by Gasteiger charge is -2.11. The summed E-state index contributed by atoms with van der Waals surface area (Å²) in [5.74, 6) is 1.97. The highest BCUT2D eigenvalue weighted by molar-refractivity contribution is 7.26. The van der Waals surface area contributed by atoms with E-state index < -0.39 is 0 Å². The predicted molar refractivity (Wildman–Crippen MR) is 238 cm³/mol. The third-order valence-corrected chi connectivity index (χ3v) is 12.8. The number of thiophene rings is 2. The molecule has 0 saturated heterocycles. The lowest BCUT2D eigenvalue weighted by Crippen LogP contribution is -2.00. The van der Waals surface area contributed by atoms with Gasteiger partial charge in [0.1, 0.15) is 0 Å². The SMILES string of the molecule is c1ccc(-c2ccc(-c3nc(-c4ccccc4)nc(-c4cccc5sc6cc(-c7cc(-c8ccccc8)c8c(c7)sc7ccccc78)ccc6c45)n3)cc2)cc1. The van der Waals surface area contributed by atoms with Crippen LogP contribution >= 0.6 is 22.7 Å². The average molecular weight is 750 g/mol. The number of benzene rings is 8. The van der Waals surface area contributed by atoms with Crippen LogP contribution in [-0.2, 0) is 0 Å². The fourth-order valence-electron chi connectivity index (χ4n) is 7.84. The van der Waals surface area contributed by atoms with Crippen molar-refractivity contribution >= 4 is 63.0 Å². The van der Waals surface area contributed by atoms with Crippen LogP contribution in [-0.4, -0.2) is 15.0 Å². The molecule has 0 aliphatic rings. The maximum atomic E-state index is 5.17. The minimum atomic E-state index is 0.651. The zero-order valence-corrected chi connectivity index (χ0v) is 31.7. The van der Waals surface area contributed by atoms with Gasteiger partial charge in [-0.25, -0.2) is 15.0 Å². The average Bonchev–Trinajstić information content (AvgIpc) is 3.85. The Hall–Kier alpha value is -6.79. The fraction of sp³-hybridized carbons (Fsp3) is 0.